The molecule has 6 nitrogen and oxygen atoms in total. The van der Waals surface area contributed by atoms with Gasteiger partial charge in [-0.15, -0.1) is 0 Å². The van der Waals surface area contributed by atoms with E-state index in [1.807, 2.05) is 38.1 Å². The fourth-order valence-corrected chi connectivity index (χ4v) is 1.91. The average Bonchev–Trinajstić information content (AvgIpc) is 2.95. The molecule has 0 saturated heterocycles. The highest BCUT2D eigenvalue weighted by atomic mass is 16.5. The second kappa shape index (κ2) is 7.06. The third-order valence-corrected chi connectivity index (χ3v) is 3.29. The monoisotopic (exact) mass is 302 g/mol. The summed E-state index contributed by atoms with van der Waals surface area (Å²) in [4.78, 5) is 17.8. The molecule has 1 heterocycles. The minimum atomic E-state index is 0.0640. The molecule has 22 heavy (non-hydrogen) atoms. The van der Waals surface area contributed by atoms with Gasteiger partial charge in [-0.3, -0.25) is 4.79 Å². The van der Waals surface area contributed by atoms with Gasteiger partial charge in [-0.2, -0.15) is 4.98 Å². The van der Waals surface area contributed by atoms with E-state index in [0.29, 0.717) is 24.7 Å². The molecular formula is C16H22N4O2. The Morgan fingerprint density at radius 3 is 2.68 bits per heavy atom. The molecule has 6 heteroatoms. The van der Waals surface area contributed by atoms with Crippen LogP contribution in [0.15, 0.2) is 28.8 Å². The quantitative estimate of drug-likeness (QED) is 0.887. The second-order valence-corrected chi connectivity index (χ2v) is 5.68. The van der Waals surface area contributed by atoms with Crippen LogP contribution < -0.4 is 5.32 Å². The number of carbonyl (C=O) groups excluding carboxylic acids is 1. The third-order valence-electron chi connectivity index (χ3n) is 3.29. The van der Waals surface area contributed by atoms with E-state index in [9.17, 15) is 4.79 Å². The molecule has 0 aliphatic carbocycles. The fourth-order valence-electron chi connectivity index (χ4n) is 1.91. The first kappa shape index (κ1) is 16.0. The lowest BCUT2D eigenvalue weighted by molar-refractivity contribution is -0.127. The van der Waals surface area contributed by atoms with Crippen molar-refractivity contribution in [3.8, 4) is 0 Å². The SMILES string of the molecule is CC(C)c1noc(CNc2ccccc2CC(=O)N(C)C)n1. The number of amides is 1. The van der Waals surface area contributed by atoms with Gasteiger partial charge in [0, 0.05) is 25.7 Å². The number of benzene rings is 1. The first-order valence-corrected chi connectivity index (χ1v) is 7.31. The van der Waals surface area contributed by atoms with Crippen LogP contribution in [0, 0.1) is 0 Å². The molecule has 1 amide bonds. The van der Waals surface area contributed by atoms with Gasteiger partial charge in [0.15, 0.2) is 5.82 Å². The summed E-state index contributed by atoms with van der Waals surface area (Å²) in [5.41, 5.74) is 1.85. The summed E-state index contributed by atoms with van der Waals surface area (Å²) in [6.45, 7) is 4.47. The Balaban J connectivity index is 2.04. The van der Waals surface area contributed by atoms with Gasteiger partial charge in [0.25, 0.3) is 0 Å². The van der Waals surface area contributed by atoms with E-state index in [2.05, 4.69) is 15.5 Å². The van der Waals surface area contributed by atoms with Gasteiger partial charge >= 0.3 is 0 Å². The van der Waals surface area contributed by atoms with E-state index in [0.717, 1.165) is 11.3 Å². The van der Waals surface area contributed by atoms with E-state index >= 15 is 0 Å². The first-order chi connectivity index (χ1) is 10.5. The molecule has 0 fully saturated rings. The highest BCUT2D eigenvalue weighted by molar-refractivity contribution is 5.80. The summed E-state index contributed by atoms with van der Waals surface area (Å²) in [6, 6.07) is 7.74. The second-order valence-electron chi connectivity index (χ2n) is 5.68. The number of nitrogens with zero attached hydrogens (tertiary/aromatic N) is 3. The molecule has 0 aliphatic heterocycles. The Hall–Kier alpha value is -2.37. The summed E-state index contributed by atoms with van der Waals surface area (Å²) in [6.07, 6.45) is 0.358. The van der Waals surface area contributed by atoms with Crippen LogP contribution in [0.2, 0.25) is 0 Å². The Labute approximate surface area is 130 Å². The smallest absolute Gasteiger partial charge is 0.245 e. The number of anilines is 1. The predicted octanol–water partition coefficient (Wildman–Crippen LogP) is 2.44. The third kappa shape index (κ3) is 4.07. The largest absolute Gasteiger partial charge is 0.376 e. The molecule has 0 saturated carbocycles. The van der Waals surface area contributed by atoms with E-state index in [4.69, 9.17) is 4.52 Å². The van der Waals surface area contributed by atoms with Crippen molar-refractivity contribution in [2.75, 3.05) is 19.4 Å². The summed E-state index contributed by atoms with van der Waals surface area (Å²) in [7, 11) is 3.51. The topological polar surface area (TPSA) is 71.3 Å². The minimum absolute atomic E-state index is 0.0640. The number of nitrogens with one attached hydrogen (secondary N) is 1. The van der Waals surface area contributed by atoms with Crippen LogP contribution in [0.5, 0.6) is 0 Å². The number of aromatic nitrogens is 2. The zero-order valence-corrected chi connectivity index (χ0v) is 13.5. The maximum absolute atomic E-state index is 11.9. The van der Waals surface area contributed by atoms with Gasteiger partial charge in [-0.05, 0) is 11.6 Å². The van der Waals surface area contributed by atoms with E-state index in [1.54, 1.807) is 19.0 Å². The molecule has 1 aromatic heterocycles. The molecule has 2 aromatic rings. The highest BCUT2D eigenvalue weighted by Gasteiger charge is 2.12. The van der Waals surface area contributed by atoms with Gasteiger partial charge in [0.2, 0.25) is 11.8 Å². The van der Waals surface area contributed by atoms with E-state index < -0.39 is 0 Å². The lowest BCUT2D eigenvalue weighted by Crippen LogP contribution is -2.23. The molecule has 0 bridgehead atoms. The fraction of sp³-hybridized carbons (Fsp3) is 0.438. The van der Waals surface area contributed by atoms with Gasteiger partial charge in [0.05, 0.1) is 13.0 Å². The zero-order chi connectivity index (χ0) is 16.1. The maximum Gasteiger partial charge on any atom is 0.245 e. The first-order valence-electron chi connectivity index (χ1n) is 7.31. The summed E-state index contributed by atoms with van der Waals surface area (Å²) in [5.74, 6) is 1.54. The minimum Gasteiger partial charge on any atom is -0.376 e. The number of hydrogen-bond donors (Lipinski definition) is 1. The van der Waals surface area contributed by atoms with E-state index in [1.165, 1.54) is 0 Å². The standard InChI is InChI=1S/C16H22N4O2/c1-11(2)16-18-14(22-19-16)10-17-13-8-6-5-7-12(13)9-15(21)20(3)4/h5-8,11,17H,9-10H2,1-4H3. The van der Waals surface area contributed by atoms with Crippen molar-refractivity contribution in [2.24, 2.45) is 0 Å². The predicted molar refractivity (Wildman–Crippen MR) is 84.6 cm³/mol. The van der Waals surface area contributed by atoms with Gasteiger partial charge < -0.3 is 14.7 Å². The molecule has 0 spiro atoms. The molecule has 1 aromatic carbocycles. The zero-order valence-electron chi connectivity index (χ0n) is 13.5. The molecular weight excluding hydrogens is 280 g/mol. The summed E-state index contributed by atoms with van der Waals surface area (Å²) in [5, 5.41) is 7.19. The number of likely N-dealkylation sites (N-methyl/N-ethyl adjacent to an activating group) is 1. The van der Waals surface area contributed by atoms with Crippen molar-refractivity contribution in [2.45, 2.75) is 32.7 Å². The number of para-hydroxylation sites is 1. The Morgan fingerprint density at radius 1 is 1.32 bits per heavy atom. The van der Waals surface area contributed by atoms with Crippen LogP contribution in [0.4, 0.5) is 5.69 Å². The average molecular weight is 302 g/mol. The van der Waals surface area contributed by atoms with E-state index in [-0.39, 0.29) is 11.8 Å². The van der Waals surface area contributed by atoms with Crippen molar-refractivity contribution >= 4 is 11.6 Å². The van der Waals surface area contributed by atoms with Gasteiger partial charge in [-0.1, -0.05) is 37.2 Å². The number of hydrogen-bond acceptors (Lipinski definition) is 5. The molecule has 0 radical (unpaired) electrons. The lowest BCUT2D eigenvalue weighted by Gasteiger charge is -2.13. The Bertz CT molecular complexity index is 635. The molecule has 0 unspecified atom stereocenters. The van der Waals surface area contributed by atoms with Crippen molar-refractivity contribution in [1.82, 2.24) is 15.0 Å². The lowest BCUT2D eigenvalue weighted by atomic mass is 10.1. The van der Waals surface area contributed by atoms with Crippen LogP contribution in [0.1, 0.15) is 37.0 Å². The van der Waals surface area contributed by atoms with Crippen molar-refractivity contribution in [1.29, 1.82) is 0 Å². The molecule has 0 aliphatic rings. The Kier molecular flexibility index (Phi) is 5.14. The molecule has 118 valence electrons. The number of rotatable bonds is 6. The molecule has 0 atom stereocenters. The Morgan fingerprint density at radius 2 is 2.05 bits per heavy atom. The number of carbonyl (C=O) groups is 1. The maximum atomic E-state index is 11.9. The van der Waals surface area contributed by atoms with Crippen LogP contribution in [0.25, 0.3) is 0 Å². The van der Waals surface area contributed by atoms with Crippen molar-refractivity contribution < 1.29 is 9.32 Å². The van der Waals surface area contributed by atoms with Crippen molar-refractivity contribution in [3.05, 3.63) is 41.5 Å². The normalized spacial score (nSPS) is 10.8. The van der Waals surface area contributed by atoms with Crippen LogP contribution in [0.3, 0.4) is 0 Å². The molecule has 1 N–H and O–H groups in total. The van der Waals surface area contributed by atoms with Crippen LogP contribution >= 0.6 is 0 Å². The van der Waals surface area contributed by atoms with Crippen LogP contribution in [-0.2, 0) is 17.8 Å². The summed E-state index contributed by atoms with van der Waals surface area (Å²) < 4.78 is 5.21. The van der Waals surface area contributed by atoms with Crippen molar-refractivity contribution in [3.63, 3.8) is 0 Å². The van der Waals surface area contributed by atoms with Crippen LogP contribution in [-0.4, -0.2) is 35.0 Å². The van der Waals surface area contributed by atoms with Gasteiger partial charge in [0.1, 0.15) is 0 Å². The molecule has 2 rings (SSSR count). The highest BCUT2D eigenvalue weighted by Crippen LogP contribution is 2.17. The summed E-state index contributed by atoms with van der Waals surface area (Å²) >= 11 is 0. The van der Waals surface area contributed by atoms with Gasteiger partial charge in [-0.25, -0.2) is 0 Å².